The van der Waals surface area contributed by atoms with Crippen molar-refractivity contribution in [2.45, 2.75) is 26.8 Å². The van der Waals surface area contributed by atoms with Crippen molar-refractivity contribution < 1.29 is 4.74 Å². The first-order valence-corrected chi connectivity index (χ1v) is 6.82. The first-order chi connectivity index (χ1) is 9.63. The smallest absolute Gasteiger partial charge is 0.137 e. The molecule has 2 rings (SSSR count). The minimum absolute atomic E-state index is 0.536. The number of halogens is 1. The molecule has 0 spiro atoms. The maximum Gasteiger partial charge on any atom is 0.137 e. The molecule has 0 amide bonds. The quantitative estimate of drug-likeness (QED) is 0.792. The van der Waals surface area contributed by atoms with Gasteiger partial charge in [0, 0.05) is 13.0 Å². The predicted octanol–water partition coefficient (Wildman–Crippen LogP) is 3.49. The van der Waals surface area contributed by atoms with E-state index in [2.05, 4.69) is 11.2 Å². The second-order valence-corrected chi connectivity index (χ2v) is 4.90. The Balaban J connectivity index is 1.88. The lowest BCUT2D eigenvalue weighted by molar-refractivity contribution is 0.297. The Morgan fingerprint density at radius 2 is 2.10 bits per heavy atom. The Hall–Kier alpha value is -1.99. The molecular formula is C15H16ClN3O. The van der Waals surface area contributed by atoms with E-state index in [-0.39, 0.29) is 0 Å². The molecule has 104 valence electrons. The van der Waals surface area contributed by atoms with Gasteiger partial charge in [0.05, 0.1) is 28.6 Å². The Morgan fingerprint density at radius 1 is 1.35 bits per heavy atom. The lowest BCUT2D eigenvalue weighted by atomic mass is 10.2. The summed E-state index contributed by atoms with van der Waals surface area (Å²) in [6.07, 6.45) is 0.804. The third-order valence-electron chi connectivity index (χ3n) is 3.07. The van der Waals surface area contributed by atoms with Crippen LogP contribution in [-0.4, -0.2) is 16.4 Å². The molecule has 0 saturated heterocycles. The van der Waals surface area contributed by atoms with Gasteiger partial charge in [-0.25, -0.2) is 0 Å². The Bertz CT molecular complexity index is 643. The summed E-state index contributed by atoms with van der Waals surface area (Å²) in [4.78, 5) is 0. The molecule has 0 fully saturated rings. The molecule has 0 bridgehead atoms. The fraction of sp³-hybridized carbons (Fsp3) is 0.333. The molecule has 4 nitrogen and oxygen atoms in total. The molecule has 0 aliphatic rings. The van der Waals surface area contributed by atoms with E-state index >= 15 is 0 Å². The van der Waals surface area contributed by atoms with Gasteiger partial charge in [-0.3, -0.25) is 4.68 Å². The number of nitriles is 1. The van der Waals surface area contributed by atoms with Crippen LogP contribution >= 0.6 is 11.6 Å². The van der Waals surface area contributed by atoms with Crippen LogP contribution in [0.3, 0.4) is 0 Å². The lowest BCUT2D eigenvalue weighted by Gasteiger charge is -2.08. The largest absolute Gasteiger partial charge is 0.492 e. The Morgan fingerprint density at radius 3 is 2.75 bits per heavy atom. The molecule has 1 heterocycles. The topological polar surface area (TPSA) is 50.8 Å². The van der Waals surface area contributed by atoms with E-state index in [4.69, 9.17) is 21.6 Å². The first-order valence-electron chi connectivity index (χ1n) is 6.45. The van der Waals surface area contributed by atoms with Crippen molar-refractivity contribution in [2.75, 3.05) is 6.61 Å². The highest BCUT2D eigenvalue weighted by Gasteiger charge is 2.08. The van der Waals surface area contributed by atoms with Crippen LogP contribution in [0.5, 0.6) is 5.75 Å². The van der Waals surface area contributed by atoms with E-state index < -0.39 is 0 Å². The molecule has 5 heteroatoms. The van der Waals surface area contributed by atoms with Crippen LogP contribution in [-0.2, 0) is 6.54 Å². The number of hydrogen-bond donors (Lipinski definition) is 0. The summed E-state index contributed by atoms with van der Waals surface area (Å²) in [7, 11) is 0. The van der Waals surface area contributed by atoms with E-state index in [1.807, 2.05) is 30.7 Å². The number of para-hydroxylation sites is 1. The third-order valence-corrected chi connectivity index (χ3v) is 3.62. The predicted molar refractivity (Wildman–Crippen MR) is 78.0 cm³/mol. The number of ether oxygens (including phenoxy) is 1. The van der Waals surface area contributed by atoms with Gasteiger partial charge in [0.25, 0.3) is 0 Å². The highest BCUT2D eigenvalue weighted by molar-refractivity contribution is 6.31. The Labute approximate surface area is 123 Å². The zero-order chi connectivity index (χ0) is 14.5. The molecule has 0 aliphatic carbocycles. The van der Waals surface area contributed by atoms with Gasteiger partial charge in [-0.05, 0) is 26.0 Å². The van der Waals surface area contributed by atoms with Crippen LogP contribution < -0.4 is 4.74 Å². The van der Waals surface area contributed by atoms with Gasteiger partial charge in [0.2, 0.25) is 0 Å². The SMILES string of the molecule is Cc1nn(CCCOc2ccccc2C#N)c(C)c1Cl. The first kappa shape index (κ1) is 14.4. The van der Waals surface area contributed by atoms with E-state index in [0.29, 0.717) is 17.9 Å². The van der Waals surface area contributed by atoms with Crippen LogP contribution in [0.25, 0.3) is 0 Å². The molecule has 2 aromatic rings. The monoisotopic (exact) mass is 289 g/mol. The molecule has 0 radical (unpaired) electrons. The van der Waals surface area contributed by atoms with Gasteiger partial charge in [-0.15, -0.1) is 0 Å². The summed E-state index contributed by atoms with van der Waals surface area (Å²) < 4.78 is 7.52. The van der Waals surface area contributed by atoms with Gasteiger partial charge in [-0.1, -0.05) is 23.7 Å². The molecule has 0 aliphatic heterocycles. The molecule has 0 saturated carbocycles. The van der Waals surface area contributed by atoms with Crippen LogP contribution in [0.15, 0.2) is 24.3 Å². The van der Waals surface area contributed by atoms with Crippen molar-refractivity contribution in [1.29, 1.82) is 5.26 Å². The van der Waals surface area contributed by atoms with Crippen molar-refractivity contribution in [1.82, 2.24) is 9.78 Å². The molecule has 0 atom stereocenters. The summed E-state index contributed by atoms with van der Waals surface area (Å²) in [5.41, 5.74) is 2.38. The average molecular weight is 290 g/mol. The number of hydrogen-bond acceptors (Lipinski definition) is 3. The minimum Gasteiger partial charge on any atom is -0.492 e. The third kappa shape index (κ3) is 3.12. The summed E-state index contributed by atoms with van der Waals surface area (Å²) in [5, 5.41) is 14.1. The number of benzene rings is 1. The fourth-order valence-corrected chi connectivity index (χ4v) is 2.11. The molecule has 0 unspecified atom stereocenters. The normalized spacial score (nSPS) is 10.3. The van der Waals surface area contributed by atoms with Crippen molar-refractivity contribution in [3.8, 4) is 11.8 Å². The van der Waals surface area contributed by atoms with Crippen LogP contribution in [0.2, 0.25) is 5.02 Å². The molecule has 1 aromatic heterocycles. The van der Waals surface area contributed by atoms with Crippen molar-refractivity contribution >= 4 is 11.6 Å². The number of aryl methyl sites for hydroxylation is 2. The standard InChI is InChI=1S/C15H16ClN3O/c1-11-15(16)12(2)19(18-11)8-5-9-20-14-7-4-3-6-13(14)10-17/h3-4,6-7H,5,8-9H2,1-2H3. The summed E-state index contributed by atoms with van der Waals surface area (Å²) in [5.74, 6) is 0.626. The van der Waals surface area contributed by atoms with Gasteiger partial charge < -0.3 is 4.74 Å². The van der Waals surface area contributed by atoms with E-state index in [0.717, 1.165) is 29.4 Å². The van der Waals surface area contributed by atoms with Crippen LogP contribution in [0.4, 0.5) is 0 Å². The van der Waals surface area contributed by atoms with Gasteiger partial charge in [0.15, 0.2) is 0 Å². The second-order valence-electron chi connectivity index (χ2n) is 4.52. The minimum atomic E-state index is 0.536. The van der Waals surface area contributed by atoms with Gasteiger partial charge in [-0.2, -0.15) is 10.4 Å². The lowest BCUT2D eigenvalue weighted by Crippen LogP contribution is -2.07. The average Bonchev–Trinajstić information content (AvgIpc) is 2.71. The highest BCUT2D eigenvalue weighted by atomic mass is 35.5. The van der Waals surface area contributed by atoms with Gasteiger partial charge >= 0.3 is 0 Å². The number of aromatic nitrogens is 2. The van der Waals surface area contributed by atoms with Crippen molar-refractivity contribution in [3.63, 3.8) is 0 Å². The fourth-order valence-electron chi connectivity index (χ4n) is 1.97. The van der Waals surface area contributed by atoms with Crippen molar-refractivity contribution in [3.05, 3.63) is 46.2 Å². The maximum atomic E-state index is 8.96. The Kier molecular flexibility index (Phi) is 4.65. The number of nitrogens with zero attached hydrogens (tertiary/aromatic N) is 3. The van der Waals surface area contributed by atoms with E-state index in [1.54, 1.807) is 12.1 Å². The summed E-state index contributed by atoms with van der Waals surface area (Å²) >= 11 is 6.10. The number of rotatable bonds is 5. The zero-order valence-corrected chi connectivity index (χ0v) is 12.3. The molecule has 1 aromatic carbocycles. The molecular weight excluding hydrogens is 274 g/mol. The van der Waals surface area contributed by atoms with Gasteiger partial charge in [0.1, 0.15) is 11.8 Å². The van der Waals surface area contributed by atoms with Crippen LogP contribution in [0, 0.1) is 25.2 Å². The van der Waals surface area contributed by atoms with E-state index in [9.17, 15) is 0 Å². The highest BCUT2D eigenvalue weighted by Crippen LogP contribution is 2.19. The molecule has 20 heavy (non-hydrogen) atoms. The maximum absolute atomic E-state index is 8.96. The summed E-state index contributed by atoms with van der Waals surface area (Å²) in [6, 6.07) is 9.35. The molecule has 0 N–H and O–H groups in total. The van der Waals surface area contributed by atoms with Crippen molar-refractivity contribution in [2.24, 2.45) is 0 Å². The van der Waals surface area contributed by atoms with Crippen LogP contribution in [0.1, 0.15) is 23.4 Å². The zero-order valence-electron chi connectivity index (χ0n) is 11.6. The van der Waals surface area contributed by atoms with E-state index in [1.165, 1.54) is 0 Å². The second kappa shape index (κ2) is 6.44. The summed E-state index contributed by atoms with van der Waals surface area (Å²) in [6.45, 7) is 5.13.